The number of para-hydroxylation sites is 2. The first-order chi connectivity index (χ1) is 15.1. The van der Waals surface area contributed by atoms with Gasteiger partial charge in [0.05, 0.1) is 11.0 Å². The zero-order valence-corrected chi connectivity index (χ0v) is 19.1. The van der Waals surface area contributed by atoms with Crippen LogP contribution in [-0.2, 0) is 19.6 Å². The van der Waals surface area contributed by atoms with Gasteiger partial charge in [0.15, 0.2) is 0 Å². The Kier molecular flexibility index (Phi) is 7.36. The molecule has 0 saturated heterocycles. The highest BCUT2D eigenvalue weighted by Crippen LogP contribution is 2.28. The predicted molar refractivity (Wildman–Crippen MR) is 128 cm³/mol. The Hall–Kier alpha value is -2.24. The number of aromatic nitrogens is 2. The molecule has 0 atom stereocenters. The quantitative estimate of drug-likeness (QED) is 0.262. The molecule has 0 aliphatic rings. The molecule has 0 amide bonds. The van der Waals surface area contributed by atoms with Crippen molar-refractivity contribution in [3.63, 3.8) is 0 Å². The van der Waals surface area contributed by atoms with Gasteiger partial charge in [-0.1, -0.05) is 53.0 Å². The van der Waals surface area contributed by atoms with Gasteiger partial charge in [-0.25, -0.2) is 4.98 Å². The Morgan fingerprint density at radius 1 is 0.935 bits per heavy atom. The van der Waals surface area contributed by atoms with Crippen LogP contribution < -0.4 is 10.1 Å². The number of halogens is 3. The van der Waals surface area contributed by atoms with E-state index < -0.39 is 0 Å². The molecule has 0 aliphatic heterocycles. The molecule has 4 rings (SSSR count). The number of hydrogen-bond donors (Lipinski definition) is 2. The Labute approximate surface area is 196 Å². The van der Waals surface area contributed by atoms with Gasteiger partial charge in [0.2, 0.25) is 0 Å². The van der Waals surface area contributed by atoms with Crippen LogP contribution in [-0.4, -0.2) is 16.5 Å². The van der Waals surface area contributed by atoms with E-state index in [0.29, 0.717) is 28.2 Å². The number of ether oxygens (including phenoxy) is 1. The fraction of sp³-hybridized carbons (Fsp3) is 0.208. The van der Waals surface area contributed by atoms with Gasteiger partial charge in [0.25, 0.3) is 0 Å². The highest BCUT2D eigenvalue weighted by molar-refractivity contribution is 6.36. The third kappa shape index (κ3) is 5.72. The van der Waals surface area contributed by atoms with Gasteiger partial charge in [0, 0.05) is 39.2 Å². The minimum absolute atomic E-state index is 0.291. The van der Waals surface area contributed by atoms with Crippen molar-refractivity contribution < 1.29 is 4.74 Å². The topological polar surface area (TPSA) is 49.9 Å². The number of nitrogens with zero attached hydrogens (tertiary/aromatic N) is 1. The van der Waals surface area contributed by atoms with E-state index in [2.05, 4.69) is 15.3 Å². The van der Waals surface area contributed by atoms with Crippen LogP contribution in [0.2, 0.25) is 15.1 Å². The van der Waals surface area contributed by atoms with E-state index in [1.165, 1.54) is 0 Å². The first-order valence-electron chi connectivity index (χ1n) is 10.1. The normalized spacial score (nSPS) is 11.2. The molecule has 2 N–H and O–H groups in total. The molecule has 0 unspecified atom stereocenters. The van der Waals surface area contributed by atoms with Crippen molar-refractivity contribution >= 4 is 45.8 Å². The lowest BCUT2D eigenvalue weighted by molar-refractivity contribution is 0.302. The average Bonchev–Trinajstić information content (AvgIpc) is 3.17. The van der Waals surface area contributed by atoms with Crippen molar-refractivity contribution in [2.24, 2.45) is 0 Å². The lowest BCUT2D eigenvalue weighted by Crippen LogP contribution is -2.16. The minimum Gasteiger partial charge on any atom is -0.488 e. The van der Waals surface area contributed by atoms with E-state index in [1.54, 1.807) is 12.1 Å². The van der Waals surface area contributed by atoms with Gasteiger partial charge >= 0.3 is 0 Å². The molecule has 3 aromatic carbocycles. The Morgan fingerprint density at radius 2 is 1.74 bits per heavy atom. The van der Waals surface area contributed by atoms with Crippen LogP contribution in [0.1, 0.15) is 23.4 Å². The Morgan fingerprint density at radius 3 is 2.55 bits per heavy atom. The second-order valence-corrected chi connectivity index (χ2v) is 8.47. The zero-order chi connectivity index (χ0) is 21.6. The predicted octanol–water partition coefficient (Wildman–Crippen LogP) is 6.82. The van der Waals surface area contributed by atoms with Crippen molar-refractivity contribution in [2.45, 2.75) is 26.0 Å². The smallest absolute Gasteiger partial charge is 0.124 e. The molecule has 0 bridgehead atoms. The van der Waals surface area contributed by atoms with Crippen molar-refractivity contribution in [3.8, 4) is 5.75 Å². The summed E-state index contributed by atoms with van der Waals surface area (Å²) < 4.78 is 6.02. The highest BCUT2D eigenvalue weighted by Gasteiger charge is 2.10. The van der Waals surface area contributed by atoms with Crippen LogP contribution in [0.4, 0.5) is 0 Å². The maximum atomic E-state index is 6.25. The Balaban J connectivity index is 1.31. The third-order valence-electron chi connectivity index (χ3n) is 4.98. The van der Waals surface area contributed by atoms with E-state index >= 15 is 0 Å². The summed E-state index contributed by atoms with van der Waals surface area (Å²) in [6.07, 6.45) is 1.84. The number of rotatable bonds is 9. The number of H-pyrrole nitrogens is 1. The second kappa shape index (κ2) is 10.4. The minimum atomic E-state index is 0.291. The molecule has 0 fully saturated rings. The van der Waals surface area contributed by atoms with Crippen LogP contribution in [0.5, 0.6) is 5.75 Å². The van der Waals surface area contributed by atoms with E-state index in [1.807, 2.05) is 48.5 Å². The van der Waals surface area contributed by atoms with Crippen molar-refractivity contribution in [3.05, 3.63) is 92.7 Å². The van der Waals surface area contributed by atoms with Crippen LogP contribution >= 0.6 is 34.8 Å². The van der Waals surface area contributed by atoms with E-state index in [-0.39, 0.29) is 0 Å². The fourth-order valence-electron chi connectivity index (χ4n) is 3.38. The number of imidazole rings is 1. The van der Waals surface area contributed by atoms with E-state index in [4.69, 9.17) is 39.5 Å². The fourth-order valence-corrected chi connectivity index (χ4v) is 4.08. The molecule has 0 saturated carbocycles. The van der Waals surface area contributed by atoms with Crippen LogP contribution in [0.15, 0.2) is 60.7 Å². The number of nitrogens with one attached hydrogen (secondary N) is 2. The van der Waals surface area contributed by atoms with Crippen LogP contribution in [0, 0.1) is 0 Å². The van der Waals surface area contributed by atoms with Crippen molar-refractivity contribution in [1.29, 1.82) is 0 Å². The molecule has 0 spiro atoms. The third-order valence-corrected chi connectivity index (χ3v) is 5.92. The van der Waals surface area contributed by atoms with Gasteiger partial charge in [-0.15, -0.1) is 0 Å². The molecule has 7 heteroatoms. The monoisotopic (exact) mass is 473 g/mol. The molecule has 1 heterocycles. The zero-order valence-electron chi connectivity index (χ0n) is 16.8. The summed E-state index contributed by atoms with van der Waals surface area (Å²) in [5.41, 5.74) is 3.83. The molecule has 160 valence electrons. The van der Waals surface area contributed by atoms with Crippen molar-refractivity contribution in [1.82, 2.24) is 15.3 Å². The molecule has 31 heavy (non-hydrogen) atoms. The average molecular weight is 475 g/mol. The van der Waals surface area contributed by atoms with Gasteiger partial charge in [-0.2, -0.15) is 0 Å². The summed E-state index contributed by atoms with van der Waals surface area (Å²) in [5, 5.41) is 5.31. The summed E-state index contributed by atoms with van der Waals surface area (Å²) in [6, 6.07) is 19.1. The number of hydrogen-bond acceptors (Lipinski definition) is 3. The van der Waals surface area contributed by atoms with Gasteiger partial charge in [-0.3, -0.25) is 0 Å². The Bertz CT molecular complexity index is 1120. The largest absolute Gasteiger partial charge is 0.488 e. The lowest BCUT2D eigenvalue weighted by atomic mass is 10.2. The summed E-state index contributed by atoms with van der Waals surface area (Å²) in [4.78, 5) is 7.98. The number of aromatic amines is 1. The number of benzene rings is 3. The summed E-state index contributed by atoms with van der Waals surface area (Å²) in [6.45, 7) is 1.78. The molecule has 4 aromatic rings. The molecule has 4 nitrogen and oxygen atoms in total. The number of aryl methyl sites for hydroxylation is 1. The molecular formula is C24H22Cl3N3O. The van der Waals surface area contributed by atoms with Gasteiger partial charge in [-0.05, 0) is 55.4 Å². The van der Waals surface area contributed by atoms with Crippen LogP contribution in [0.3, 0.4) is 0 Å². The standard InChI is InChI=1S/C24H22Cl3N3O/c25-17-10-11-23(31-15-18-19(26)5-3-6-20(18)27)16(13-17)14-28-12-4-9-24-29-21-7-1-2-8-22(21)30-24/h1-3,5-8,10-11,13,28H,4,9,12,14-15H2,(H,29,30). The van der Waals surface area contributed by atoms with Crippen LogP contribution in [0.25, 0.3) is 11.0 Å². The summed E-state index contributed by atoms with van der Waals surface area (Å²) in [7, 11) is 0. The molecule has 0 aliphatic carbocycles. The van der Waals surface area contributed by atoms with Crippen molar-refractivity contribution in [2.75, 3.05) is 6.54 Å². The summed E-state index contributed by atoms with van der Waals surface area (Å²) in [5.74, 6) is 1.76. The van der Waals surface area contributed by atoms with Gasteiger partial charge < -0.3 is 15.0 Å². The maximum absolute atomic E-state index is 6.25. The van der Waals surface area contributed by atoms with E-state index in [9.17, 15) is 0 Å². The van der Waals surface area contributed by atoms with Gasteiger partial charge in [0.1, 0.15) is 18.2 Å². The molecule has 0 radical (unpaired) electrons. The van der Waals surface area contributed by atoms with E-state index in [0.717, 1.165) is 53.1 Å². The molecule has 1 aromatic heterocycles. The lowest BCUT2D eigenvalue weighted by Gasteiger charge is -2.14. The second-order valence-electron chi connectivity index (χ2n) is 7.22. The summed E-state index contributed by atoms with van der Waals surface area (Å²) >= 11 is 18.7. The maximum Gasteiger partial charge on any atom is 0.124 e. The highest BCUT2D eigenvalue weighted by atomic mass is 35.5. The first kappa shape index (κ1) is 22.0. The molecular weight excluding hydrogens is 453 g/mol. The SMILES string of the molecule is Clc1ccc(OCc2c(Cl)cccc2Cl)c(CNCCCc2nc3ccccc3[nH]2)c1. The number of fused-ring (bicyclic) bond motifs is 1. The first-order valence-corrected chi connectivity index (χ1v) is 11.2.